The predicted octanol–water partition coefficient (Wildman–Crippen LogP) is 2.69. The fraction of sp³-hybridized carbons (Fsp3) is 0.333. The van der Waals surface area contributed by atoms with E-state index in [1.54, 1.807) is 0 Å². The molecule has 0 radical (unpaired) electrons. The van der Waals surface area contributed by atoms with Gasteiger partial charge in [0.2, 0.25) is 5.82 Å². The van der Waals surface area contributed by atoms with Crippen molar-refractivity contribution in [1.29, 1.82) is 0 Å². The van der Waals surface area contributed by atoms with Crippen molar-refractivity contribution in [1.82, 2.24) is 0 Å². The molecule has 1 aromatic carbocycles. The zero-order valence-electron chi connectivity index (χ0n) is 8.37. The van der Waals surface area contributed by atoms with Gasteiger partial charge in [-0.1, -0.05) is 6.07 Å². The maximum absolute atomic E-state index is 12.9. The Morgan fingerprint density at radius 2 is 2.00 bits per heavy atom. The molecule has 1 rings (SSSR count). The van der Waals surface area contributed by atoms with Gasteiger partial charge in [-0.25, -0.2) is 0 Å². The second-order valence-electron chi connectivity index (χ2n) is 3.39. The van der Waals surface area contributed by atoms with Gasteiger partial charge in [0, 0.05) is 12.1 Å². The summed E-state index contributed by atoms with van der Waals surface area (Å²) in [6.45, 7) is 0. The number of rotatable bonds is 3. The average Bonchev–Trinajstić information content (AvgIpc) is 2.14. The summed E-state index contributed by atoms with van der Waals surface area (Å²) >= 11 is 0. The van der Waals surface area contributed by atoms with E-state index in [1.807, 2.05) is 0 Å². The zero-order chi connectivity index (χ0) is 13.2. The molecule has 0 aromatic heterocycles. The van der Waals surface area contributed by atoms with Gasteiger partial charge in [-0.2, -0.15) is 17.6 Å². The van der Waals surface area contributed by atoms with Crippen LogP contribution in [0.2, 0.25) is 0 Å². The Morgan fingerprint density at radius 3 is 2.47 bits per heavy atom. The van der Waals surface area contributed by atoms with Crippen LogP contribution >= 0.6 is 0 Å². The van der Waals surface area contributed by atoms with Crippen LogP contribution in [0.1, 0.15) is 18.0 Å². The summed E-state index contributed by atoms with van der Waals surface area (Å²) in [4.78, 5) is 9.37. The highest BCUT2D eigenvalue weighted by molar-refractivity contribution is 5.37. The number of hydrogen-bond acceptors (Lipinski definition) is 3. The topological polar surface area (TPSA) is 69.2 Å². The standard InChI is InChI=1S/C9H8F4N2O2/c10-6-2-1-5(3-8(6)15(16)17)7(14)4-9(11,12)13/h1-3,7H,4,14H2/t7-/m1/s1. The summed E-state index contributed by atoms with van der Waals surface area (Å²) in [7, 11) is 0. The summed E-state index contributed by atoms with van der Waals surface area (Å²) in [6.07, 6.45) is -5.81. The molecule has 0 saturated heterocycles. The minimum absolute atomic E-state index is 0.129. The number of nitro benzene ring substituents is 1. The number of hydrogen-bond donors (Lipinski definition) is 1. The van der Waals surface area contributed by atoms with Crippen LogP contribution in [0.3, 0.4) is 0 Å². The van der Waals surface area contributed by atoms with Gasteiger partial charge in [-0.05, 0) is 11.6 Å². The van der Waals surface area contributed by atoms with E-state index in [0.717, 1.165) is 12.1 Å². The van der Waals surface area contributed by atoms with E-state index >= 15 is 0 Å². The molecule has 0 fully saturated rings. The van der Waals surface area contributed by atoms with E-state index in [4.69, 9.17) is 5.73 Å². The van der Waals surface area contributed by atoms with Crippen molar-refractivity contribution in [2.24, 2.45) is 5.73 Å². The van der Waals surface area contributed by atoms with Crippen LogP contribution in [0.15, 0.2) is 18.2 Å². The Hall–Kier alpha value is -1.70. The SMILES string of the molecule is N[C@H](CC(F)(F)F)c1ccc(F)c([N+](=O)[O-])c1. The summed E-state index contributed by atoms with van der Waals surface area (Å²) in [6, 6.07) is 0.989. The second-order valence-corrected chi connectivity index (χ2v) is 3.39. The highest BCUT2D eigenvalue weighted by Crippen LogP contribution is 2.30. The maximum Gasteiger partial charge on any atom is 0.390 e. The van der Waals surface area contributed by atoms with E-state index in [-0.39, 0.29) is 5.56 Å². The minimum Gasteiger partial charge on any atom is -0.324 e. The fourth-order valence-corrected chi connectivity index (χ4v) is 1.27. The first-order valence-corrected chi connectivity index (χ1v) is 4.47. The molecular weight excluding hydrogens is 244 g/mol. The molecule has 0 aliphatic heterocycles. The Bertz CT molecular complexity index is 433. The van der Waals surface area contributed by atoms with Gasteiger partial charge < -0.3 is 5.73 Å². The molecule has 2 N–H and O–H groups in total. The third-order valence-electron chi connectivity index (χ3n) is 2.05. The van der Waals surface area contributed by atoms with Gasteiger partial charge in [0.1, 0.15) is 0 Å². The molecule has 17 heavy (non-hydrogen) atoms. The molecule has 0 bridgehead atoms. The molecule has 8 heteroatoms. The summed E-state index contributed by atoms with van der Waals surface area (Å²) in [5, 5.41) is 10.4. The average molecular weight is 252 g/mol. The minimum atomic E-state index is -4.48. The molecule has 0 unspecified atom stereocenters. The van der Waals surface area contributed by atoms with E-state index < -0.39 is 35.1 Å². The number of benzene rings is 1. The van der Waals surface area contributed by atoms with Crippen LogP contribution in [-0.2, 0) is 0 Å². The van der Waals surface area contributed by atoms with Gasteiger partial charge in [0.05, 0.1) is 11.3 Å². The largest absolute Gasteiger partial charge is 0.390 e. The number of alkyl halides is 3. The van der Waals surface area contributed by atoms with Crippen molar-refractivity contribution >= 4 is 5.69 Å². The predicted molar refractivity (Wildman–Crippen MR) is 50.7 cm³/mol. The quantitative estimate of drug-likeness (QED) is 0.510. The van der Waals surface area contributed by atoms with Gasteiger partial charge >= 0.3 is 11.9 Å². The normalized spacial score (nSPS) is 13.5. The lowest BCUT2D eigenvalue weighted by atomic mass is 10.0. The Balaban J connectivity index is 3.00. The summed E-state index contributed by atoms with van der Waals surface area (Å²) < 4.78 is 49.0. The number of nitrogens with two attached hydrogens (primary N) is 1. The first-order valence-electron chi connectivity index (χ1n) is 4.47. The molecule has 0 heterocycles. The Kier molecular flexibility index (Phi) is 3.66. The van der Waals surface area contributed by atoms with Gasteiger partial charge in [0.25, 0.3) is 0 Å². The van der Waals surface area contributed by atoms with Crippen molar-refractivity contribution in [2.75, 3.05) is 0 Å². The molecule has 0 spiro atoms. The fourth-order valence-electron chi connectivity index (χ4n) is 1.27. The van der Waals surface area contributed by atoms with E-state index in [2.05, 4.69) is 0 Å². The lowest BCUT2D eigenvalue weighted by Gasteiger charge is -2.14. The van der Waals surface area contributed by atoms with Crippen molar-refractivity contribution in [3.05, 3.63) is 39.7 Å². The Morgan fingerprint density at radius 1 is 1.41 bits per heavy atom. The van der Waals surface area contributed by atoms with Crippen LogP contribution in [-0.4, -0.2) is 11.1 Å². The lowest BCUT2D eigenvalue weighted by Crippen LogP contribution is -2.20. The molecule has 0 saturated carbocycles. The van der Waals surface area contributed by atoms with Crippen LogP contribution in [0.5, 0.6) is 0 Å². The highest BCUT2D eigenvalue weighted by atomic mass is 19.4. The zero-order valence-corrected chi connectivity index (χ0v) is 8.37. The highest BCUT2D eigenvalue weighted by Gasteiger charge is 2.31. The number of nitrogens with zero attached hydrogens (tertiary/aromatic N) is 1. The maximum atomic E-state index is 12.9. The Labute approximate surface area is 93.2 Å². The summed E-state index contributed by atoms with van der Waals surface area (Å²) in [5.41, 5.74) is 4.22. The lowest BCUT2D eigenvalue weighted by molar-refractivity contribution is -0.387. The smallest absolute Gasteiger partial charge is 0.324 e. The van der Waals surface area contributed by atoms with Gasteiger partial charge in [-0.15, -0.1) is 0 Å². The van der Waals surface area contributed by atoms with E-state index in [9.17, 15) is 27.7 Å². The number of nitro groups is 1. The van der Waals surface area contributed by atoms with Crippen molar-refractivity contribution in [3.8, 4) is 0 Å². The molecular formula is C9H8F4N2O2. The van der Waals surface area contributed by atoms with Gasteiger partial charge in [-0.3, -0.25) is 10.1 Å². The molecule has 1 aromatic rings. The van der Waals surface area contributed by atoms with Gasteiger partial charge in [0.15, 0.2) is 0 Å². The van der Waals surface area contributed by atoms with Crippen molar-refractivity contribution < 1.29 is 22.5 Å². The van der Waals surface area contributed by atoms with Crippen LogP contribution in [0.25, 0.3) is 0 Å². The summed E-state index contributed by atoms with van der Waals surface area (Å²) in [5.74, 6) is -1.11. The molecule has 0 aliphatic carbocycles. The monoisotopic (exact) mass is 252 g/mol. The third-order valence-corrected chi connectivity index (χ3v) is 2.05. The van der Waals surface area contributed by atoms with Crippen molar-refractivity contribution in [3.63, 3.8) is 0 Å². The van der Waals surface area contributed by atoms with E-state index in [0.29, 0.717) is 6.07 Å². The van der Waals surface area contributed by atoms with Crippen LogP contribution in [0.4, 0.5) is 23.2 Å². The first kappa shape index (κ1) is 13.4. The van der Waals surface area contributed by atoms with Crippen LogP contribution in [0, 0.1) is 15.9 Å². The second kappa shape index (κ2) is 4.66. The molecule has 94 valence electrons. The molecule has 0 aliphatic rings. The van der Waals surface area contributed by atoms with Crippen LogP contribution < -0.4 is 5.73 Å². The third kappa shape index (κ3) is 3.66. The van der Waals surface area contributed by atoms with E-state index in [1.165, 1.54) is 0 Å². The molecule has 4 nitrogen and oxygen atoms in total. The molecule has 0 amide bonds. The number of halogens is 4. The molecule has 1 atom stereocenters. The van der Waals surface area contributed by atoms with Crippen molar-refractivity contribution in [2.45, 2.75) is 18.6 Å². The first-order chi connectivity index (χ1) is 7.70.